The predicted octanol–water partition coefficient (Wildman–Crippen LogP) is 2.15. The zero-order chi connectivity index (χ0) is 19.3. The van der Waals surface area contributed by atoms with Crippen molar-refractivity contribution in [2.45, 2.75) is 32.6 Å². The number of nitrogens with one attached hydrogen (secondary N) is 1. The van der Waals surface area contributed by atoms with E-state index in [0.717, 1.165) is 51.3 Å². The first-order valence-electron chi connectivity index (χ1n) is 9.96. The largest absolute Gasteiger partial charge is 0.497 e. The molecule has 0 aromatic heterocycles. The fourth-order valence-electron chi connectivity index (χ4n) is 4.10. The van der Waals surface area contributed by atoms with Crippen LogP contribution in [-0.2, 0) is 4.79 Å². The Bertz CT molecular complexity index is 645. The average molecular weight is 373 g/mol. The Morgan fingerprint density at radius 3 is 2.30 bits per heavy atom. The summed E-state index contributed by atoms with van der Waals surface area (Å²) in [4.78, 5) is 29.3. The summed E-state index contributed by atoms with van der Waals surface area (Å²) in [5, 5.41) is 2.97. The Balaban J connectivity index is 1.38. The molecule has 0 unspecified atom stereocenters. The van der Waals surface area contributed by atoms with E-state index in [1.165, 1.54) is 12.8 Å². The Kier molecular flexibility index (Phi) is 6.37. The minimum Gasteiger partial charge on any atom is -0.497 e. The maximum absolute atomic E-state index is 12.8. The van der Waals surface area contributed by atoms with Crippen molar-refractivity contribution in [3.05, 3.63) is 29.8 Å². The lowest BCUT2D eigenvalue weighted by molar-refractivity contribution is -0.142. The third-order valence-electron chi connectivity index (χ3n) is 5.95. The Morgan fingerprint density at radius 2 is 1.70 bits per heavy atom. The van der Waals surface area contributed by atoms with Crippen molar-refractivity contribution in [1.29, 1.82) is 0 Å². The van der Waals surface area contributed by atoms with E-state index in [9.17, 15) is 9.59 Å². The van der Waals surface area contributed by atoms with Crippen LogP contribution in [0, 0.1) is 5.41 Å². The summed E-state index contributed by atoms with van der Waals surface area (Å²) in [7, 11) is 1.61. The summed E-state index contributed by atoms with van der Waals surface area (Å²) < 4.78 is 5.11. The van der Waals surface area contributed by atoms with Crippen LogP contribution in [0.5, 0.6) is 5.75 Å². The molecule has 1 heterocycles. The lowest BCUT2D eigenvalue weighted by atomic mass is 9.87. The van der Waals surface area contributed by atoms with Crippen molar-refractivity contribution in [3.63, 3.8) is 0 Å². The molecule has 0 radical (unpaired) electrons. The van der Waals surface area contributed by atoms with Crippen molar-refractivity contribution in [2.75, 3.05) is 46.4 Å². The lowest BCUT2D eigenvalue weighted by Gasteiger charge is -2.38. The van der Waals surface area contributed by atoms with Crippen LogP contribution in [0.3, 0.4) is 0 Å². The number of hydrogen-bond donors (Lipinski definition) is 1. The van der Waals surface area contributed by atoms with Crippen LogP contribution in [0.15, 0.2) is 24.3 Å². The van der Waals surface area contributed by atoms with Crippen LogP contribution in [0.1, 0.15) is 43.0 Å². The monoisotopic (exact) mass is 373 g/mol. The van der Waals surface area contributed by atoms with Crippen molar-refractivity contribution < 1.29 is 14.3 Å². The zero-order valence-corrected chi connectivity index (χ0v) is 16.5. The fourth-order valence-corrected chi connectivity index (χ4v) is 4.10. The highest BCUT2D eigenvalue weighted by Gasteiger charge is 2.39. The molecule has 1 aromatic carbocycles. The van der Waals surface area contributed by atoms with Gasteiger partial charge in [-0.1, -0.05) is 19.8 Å². The predicted molar refractivity (Wildman–Crippen MR) is 105 cm³/mol. The summed E-state index contributed by atoms with van der Waals surface area (Å²) in [6.45, 7) is 6.88. The number of nitrogens with zero attached hydrogens (tertiary/aromatic N) is 2. The third kappa shape index (κ3) is 4.80. The number of methoxy groups -OCH3 is 1. The molecular formula is C21H31N3O3. The van der Waals surface area contributed by atoms with Gasteiger partial charge in [0.15, 0.2) is 0 Å². The number of rotatable bonds is 6. The minimum absolute atomic E-state index is 0.0689. The molecule has 0 spiro atoms. The van der Waals surface area contributed by atoms with Gasteiger partial charge in [-0.05, 0) is 37.1 Å². The van der Waals surface area contributed by atoms with Gasteiger partial charge in [0.05, 0.1) is 7.11 Å². The summed E-state index contributed by atoms with van der Waals surface area (Å²) in [6, 6.07) is 7.11. The van der Waals surface area contributed by atoms with Crippen LogP contribution in [0.4, 0.5) is 0 Å². The highest BCUT2D eigenvalue weighted by atomic mass is 16.5. The summed E-state index contributed by atoms with van der Waals surface area (Å²) >= 11 is 0. The van der Waals surface area contributed by atoms with E-state index < -0.39 is 0 Å². The molecule has 1 aliphatic heterocycles. The zero-order valence-electron chi connectivity index (χ0n) is 16.5. The van der Waals surface area contributed by atoms with Crippen molar-refractivity contribution in [2.24, 2.45) is 5.41 Å². The van der Waals surface area contributed by atoms with E-state index in [4.69, 9.17) is 4.74 Å². The molecule has 1 N–H and O–H groups in total. The molecule has 0 atom stereocenters. The number of hydrogen-bond acceptors (Lipinski definition) is 4. The van der Waals surface area contributed by atoms with Crippen molar-refractivity contribution in [3.8, 4) is 5.75 Å². The van der Waals surface area contributed by atoms with Crippen LogP contribution in [0.25, 0.3) is 0 Å². The van der Waals surface area contributed by atoms with E-state index >= 15 is 0 Å². The molecule has 3 rings (SSSR count). The van der Waals surface area contributed by atoms with Gasteiger partial charge >= 0.3 is 0 Å². The van der Waals surface area contributed by atoms with Crippen LogP contribution in [0.2, 0.25) is 0 Å². The number of ether oxygens (including phenoxy) is 1. The topological polar surface area (TPSA) is 61.9 Å². The van der Waals surface area contributed by atoms with Gasteiger partial charge in [-0.2, -0.15) is 0 Å². The molecule has 6 heteroatoms. The molecule has 6 nitrogen and oxygen atoms in total. The van der Waals surface area contributed by atoms with Gasteiger partial charge in [-0.25, -0.2) is 0 Å². The molecular weight excluding hydrogens is 342 g/mol. The fraction of sp³-hybridized carbons (Fsp3) is 0.619. The van der Waals surface area contributed by atoms with Gasteiger partial charge in [0.25, 0.3) is 5.91 Å². The molecule has 2 fully saturated rings. The van der Waals surface area contributed by atoms with E-state index in [1.807, 2.05) is 4.90 Å². The number of carbonyl (C=O) groups is 2. The Morgan fingerprint density at radius 1 is 1.07 bits per heavy atom. The van der Waals surface area contributed by atoms with Gasteiger partial charge in [0, 0.05) is 50.2 Å². The Labute approximate surface area is 161 Å². The quantitative estimate of drug-likeness (QED) is 0.830. The van der Waals surface area contributed by atoms with E-state index in [2.05, 4.69) is 17.1 Å². The van der Waals surface area contributed by atoms with E-state index in [-0.39, 0.29) is 11.3 Å². The summed E-state index contributed by atoms with van der Waals surface area (Å²) in [5.41, 5.74) is 0.505. The average Bonchev–Trinajstić information content (AvgIpc) is 3.15. The maximum atomic E-state index is 12.8. The molecule has 27 heavy (non-hydrogen) atoms. The highest BCUT2D eigenvalue weighted by molar-refractivity contribution is 5.94. The first-order valence-corrected chi connectivity index (χ1v) is 9.96. The first-order chi connectivity index (χ1) is 13.0. The van der Waals surface area contributed by atoms with Crippen molar-refractivity contribution in [1.82, 2.24) is 15.1 Å². The van der Waals surface area contributed by atoms with Crippen LogP contribution >= 0.6 is 0 Å². The van der Waals surface area contributed by atoms with Crippen LogP contribution in [-0.4, -0.2) is 68.0 Å². The molecule has 148 valence electrons. The molecule has 0 bridgehead atoms. The van der Waals surface area contributed by atoms with Gasteiger partial charge in [0.2, 0.25) is 5.91 Å². The minimum atomic E-state index is -0.130. The SMILES string of the molecule is COc1ccc(C(=O)NCCN2CCN(C(=O)C3(C)CCCC3)CC2)cc1. The number of carbonyl (C=O) groups excluding carboxylic acids is 2. The van der Waals surface area contributed by atoms with Gasteiger partial charge in [-0.15, -0.1) is 0 Å². The first kappa shape index (κ1) is 19.7. The van der Waals surface area contributed by atoms with Gasteiger partial charge in [-0.3, -0.25) is 14.5 Å². The number of piperazine rings is 1. The normalized spacial score (nSPS) is 19.7. The molecule has 1 saturated carbocycles. The standard InChI is InChI=1S/C21H31N3O3/c1-21(9-3-4-10-21)20(26)24-15-13-23(14-16-24)12-11-22-19(25)17-5-7-18(27-2)8-6-17/h5-8H,3-4,9-16H2,1-2H3,(H,22,25). The summed E-state index contributed by atoms with van der Waals surface area (Å²) in [6.07, 6.45) is 4.42. The van der Waals surface area contributed by atoms with E-state index in [0.29, 0.717) is 18.0 Å². The molecule has 1 saturated heterocycles. The van der Waals surface area contributed by atoms with Crippen LogP contribution < -0.4 is 10.1 Å². The maximum Gasteiger partial charge on any atom is 0.251 e. The smallest absolute Gasteiger partial charge is 0.251 e. The second-order valence-electron chi connectivity index (χ2n) is 7.89. The Hall–Kier alpha value is -2.08. The van der Waals surface area contributed by atoms with E-state index in [1.54, 1.807) is 31.4 Å². The highest BCUT2D eigenvalue weighted by Crippen LogP contribution is 2.39. The van der Waals surface area contributed by atoms with Gasteiger partial charge in [0.1, 0.15) is 5.75 Å². The lowest BCUT2D eigenvalue weighted by Crippen LogP contribution is -2.53. The number of benzene rings is 1. The molecule has 1 aromatic rings. The molecule has 2 amide bonds. The molecule has 2 aliphatic rings. The molecule has 1 aliphatic carbocycles. The third-order valence-corrected chi connectivity index (χ3v) is 5.95. The number of amides is 2. The van der Waals surface area contributed by atoms with Gasteiger partial charge < -0.3 is 15.0 Å². The second-order valence-corrected chi connectivity index (χ2v) is 7.89. The second kappa shape index (κ2) is 8.74. The van der Waals surface area contributed by atoms with Crippen molar-refractivity contribution >= 4 is 11.8 Å². The summed E-state index contributed by atoms with van der Waals surface area (Å²) in [5.74, 6) is 1.01.